The Balaban J connectivity index is 2.03. The Morgan fingerprint density at radius 3 is 2.79 bits per heavy atom. The number of carbonyl (C=O) groups excluding carboxylic acids is 1. The lowest BCUT2D eigenvalue weighted by Gasteiger charge is -2.32. The highest BCUT2D eigenvalue weighted by Crippen LogP contribution is 2.41. The first-order valence-electron chi connectivity index (χ1n) is 9.22. The average molecular weight is 408 g/mol. The summed E-state index contributed by atoms with van der Waals surface area (Å²) in [6.07, 6.45) is 1.19. The highest BCUT2D eigenvalue weighted by molar-refractivity contribution is 7.98. The van der Waals surface area contributed by atoms with Gasteiger partial charge < -0.3 is 9.84 Å². The summed E-state index contributed by atoms with van der Waals surface area (Å²) >= 11 is 1.28. The van der Waals surface area contributed by atoms with Gasteiger partial charge in [0.25, 0.3) is 17.0 Å². The monoisotopic (exact) mass is 408 g/mol. The zero-order valence-electron chi connectivity index (χ0n) is 16.3. The third-order valence-electron chi connectivity index (χ3n) is 4.71. The molecule has 0 fully saturated rings. The third kappa shape index (κ3) is 3.29. The van der Waals surface area contributed by atoms with Crippen LogP contribution in [0.4, 0.5) is 5.69 Å². The second-order valence-electron chi connectivity index (χ2n) is 6.48. The van der Waals surface area contributed by atoms with Gasteiger partial charge >= 0.3 is 0 Å². The fourth-order valence-electron chi connectivity index (χ4n) is 3.59. The van der Waals surface area contributed by atoms with E-state index in [0.717, 1.165) is 5.56 Å². The van der Waals surface area contributed by atoms with Crippen LogP contribution < -0.4 is 19.4 Å². The van der Waals surface area contributed by atoms with E-state index in [9.17, 15) is 9.90 Å². The first-order chi connectivity index (χ1) is 14.0. The third-order valence-corrected chi connectivity index (χ3v) is 5.24. The van der Waals surface area contributed by atoms with Gasteiger partial charge in [0, 0.05) is 17.6 Å². The summed E-state index contributed by atoms with van der Waals surface area (Å²) in [5.41, 5.74) is 2.45. The van der Waals surface area contributed by atoms with Gasteiger partial charge in [-0.3, -0.25) is 4.79 Å². The number of benzene rings is 2. The van der Waals surface area contributed by atoms with E-state index < -0.39 is 6.17 Å². The van der Waals surface area contributed by atoms with Crippen molar-refractivity contribution < 1.29 is 19.3 Å². The first kappa shape index (κ1) is 19.2. The maximum atomic E-state index is 12.9. The van der Waals surface area contributed by atoms with E-state index in [1.165, 1.54) is 18.7 Å². The van der Waals surface area contributed by atoms with Crippen LogP contribution in [0.25, 0.3) is 11.3 Å². The summed E-state index contributed by atoms with van der Waals surface area (Å²) in [5.74, 6) is 0.168. The van der Waals surface area contributed by atoms with Gasteiger partial charge in [0.2, 0.25) is 5.91 Å². The number of ether oxygens (including phenoxy) is 1. The van der Waals surface area contributed by atoms with E-state index >= 15 is 0 Å². The normalized spacial score (nSPS) is 14.9. The maximum absolute atomic E-state index is 12.9. The lowest BCUT2D eigenvalue weighted by atomic mass is 10.0. The van der Waals surface area contributed by atoms with Crippen LogP contribution in [0, 0.1) is 0 Å². The second-order valence-corrected chi connectivity index (χ2v) is 7.26. The molecule has 7 nitrogen and oxygen atoms in total. The van der Waals surface area contributed by atoms with Crippen molar-refractivity contribution in [3.05, 3.63) is 54.1 Å². The largest absolute Gasteiger partial charge is 0.854 e. The summed E-state index contributed by atoms with van der Waals surface area (Å²) in [5, 5.41) is 17.9. The quantitative estimate of drug-likeness (QED) is 0.487. The van der Waals surface area contributed by atoms with E-state index in [0.29, 0.717) is 34.5 Å². The minimum atomic E-state index is -0.626. The van der Waals surface area contributed by atoms with Crippen LogP contribution in [0.5, 0.6) is 11.6 Å². The molecule has 0 bridgehead atoms. The van der Waals surface area contributed by atoms with E-state index in [2.05, 4.69) is 10.1 Å². The number of rotatable bonds is 4. The number of hydrogen-bond donors (Lipinski definition) is 0. The number of carbonyl (C=O) groups is 1. The number of aromatic nitrogens is 3. The summed E-state index contributed by atoms with van der Waals surface area (Å²) in [6.45, 7) is 3.95. The van der Waals surface area contributed by atoms with Crippen molar-refractivity contribution in [2.24, 2.45) is 0 Å². The average Bonchev–Trinajstić information content (AvgIpc) is 2.72. The van der Waals surface area contributed by atoms with Crippen molar-refractivity contribution in [3.8, 4) is 22.9 Å². The molecule has 2 heterocycles. The molecule has 0 saturated carbocycles. The standard InChI is InChI=1S/C21H20N4O3S/c1-4-28-15-9-7-8-14(12-15)20-24(13(2)26)17-11-6-5-10-16(17)18-19(27)22-21(29-3)23-25(18)20/h5-12,20H,4H2,1-3H3. The fraction of sp³-hybridized carbons (Fsp3) is 0.238. The molecule has 1 aliphatic heterocycles. The van der Waals surface area contributed by atoms with Crippen molar-refractivity contribution >= 4 is 23.4 Å². The molecule has 1 aliphatic rings. The van der Waals surface area contributed by atoms with E-state index in [1.54, 1.807) is 9.58 Å². The Kier molecular flexibility index (Phi) is 5.10. The summed E-state index contributed by atoms with van der Waals surface area (Å²) in [6, 6.07) is 14.8. The SMILES string of the molecule is CCOc1cccc(C2N(C(C)=O)c3ccccc3-c3c([O-])nc(SC)n[n+]32)c1. The highest BCUT2D eigenvalue weighted by Gasteiger charge is 2.43. The maximum Gasteiger partial charge on any atom is 0.293 e. The van der Waals surface area contributed by atoms with Crippen LogP contribution in [0.2, 0.25) is 0 Å². The predicted molar refractivity (Wildman–Crippen MR) is 108 cm³/mol. The zero-order valence-corrected chi connectivity index (χ0v) is 17.1. The van der Waals surface area contributed by atoms with Crippen LogP contribution in [0.1, 0.15) is 25.6 Å². The molecule has 1 atom stereocenters. The molecule has 148 valence electrons. The molecule has 0 N–H and O–H groups in total. The number of amides is 1. The number of para-hydroxylation sites is 1. The van der Waals surface area contributed by atoms with Crippen molar-refractivity contribution in [1.82, 2.24) is 10.1 Å². The zero-order chi connectivity index (χ0) is 20.5. The van der Waals surface area contributed by atoms with Crippen molar-refractivity contribution in [3.63, 3.8) is 0 Å². The number of anilines is 1. The van der Waals surface area contributed by atoms with Gasteiger partial charge in [-0.15, -0.1) is 0 Å². The van der Waals surface area contributed by atoms with Crippen LogP contribution in [-0.2, 0) is 4.79 Å². The molecule has 0 spiro atoms. The predicted octanol–water partition coefficient (Wildman–Crippen LogP) is 2.54. The molecule has 1 amide bonds. The molecule has 0 saturated heterocycles. The molecule has 0 aliphatic carbocycles. The van der Waals surface area contributed by atoms with Crippen LogP contribution in [0.3, 0.4) is 0 Å². The topological polar surface area (TPSA) is 82.3 Å². The van der Waals surface area contributed by atoms with Gasteiger partial charge in [0.15, 0.2) is 0 Å². The molecule has 1 aromatic heterocycles. The molecule has 4 rings (SSSR count). The Labute approximate surface area is 173 Å². The molecular formula is C21H20N4O3S. The van der Waals surface area contributed by atoms with E-state index in [1.807, 2.05) is 61.7 Å². The van der Waals surface area contributed by atoms with Crippen molar-refractivity contribution in [1.29, 1.82) is 0 Å². The first-order valence-corrected chi connectivity index (χ1v) is 10.4. The highest BCUT2D eigenvalue weighted by atomic mass is 32.2. The molecule has 3 aromatic rings. The van der Waals surface area contributed by atoms with Gasteiger partial charge in [-0.1, -0.05) is 34.6 Å². The minimum absolute atomic E-state index is 0.154. The van der Waals surface area contributed by atoms with E-state index in [-0.39, 0.29) is 11.8 Å². The number of fused-ring (bicyclic) bond motifs is 3. The Morgan fingerprint density at radius 2 is 2.07 bits per heavy atom. The Morgan fingerprint density at radius 1 is 1.28 bits per heavy atom. The molecule has 2 aromatic carbocycles. The molecule has 1 unspecified atom stereocenters. The van der Waals surface area contributed by atoms with Crippen LogP contribution in [0.15, 0.2) is 53.7 Å². The minimum Gasteiger partial charge on any atom is -0.854 e. The number of thioether (sulfide) groups is 1. The lowest BCUT2D eigenvalue weighted by Crippen LogP contribution is -2.58. The molecule has 8 heteroatoms. The number of nitrogens with zero attached hydrogens (tertiary/aromatic N) is 4. The van der Waals surface area contributed by atoms with Gasteiger partial charge in [-0.05, 0) is 43.5 Å². The summed E-state index contributed by atoms with van der Waals surface area (Å²) in [7, 11) is 0. The number of hydrogen-bond acceptors (Lipinski definition) is 6. The van der Waals surface area contributed by atoms with Crippen molar-refractivity contribution in [2.45, 2.75) is 25.2 Å². The summed E-state index contributed by atoms with van der Waals surface area (Å²) < 4.78 is 7.25. The van der Waals surface area contributed by atoms with Gasteiger partial charge in [-0.2, -0.15) is 0 Å². The van der Waals surface area contributed by atoms with Crippen LogP contribution >= 0.6 is 11.8 Å². The molecule has 29 heavy (non-hydrogen) atoms. The van der Waals surface area contributed by atoms with E-state index in [4.69, 9.17) is 4.74 Å². The Hall–Kier alpha value is -3.13. The molecule has 0 radical (unpaired) electrons. The van der Waals surface area contributed by atoms with Crippen molar-refractivity contribution in [2.75, 3.05) is 17.8 Å². The molecular weight excluding hydrogens is 388 g/mol. The van der Waals surface area contributed by atoms with Gasteiger partial charge in [-0.25, -0.2) is 9.88 Å². The Bertz CT molecular complexity index is 1090. The summed E-state index contributed by atoms with van der Waals surface area (Å²) in [4.78, 5) is 18.5. The van der Waals surface area contributed by atoms with Gasteiger partial charge in [0.05, 0.1) is 23.7 Å². The smallest absolute Gasteiger partial charge is 0.293 e. The van der Waals surface area contributed by atoms with Crippen LogP contribution in [-0.4, -0.2) is 28.9 Å². The second kappa shape index (κ2) is 7.71. The lowest BCUT2D eigenvalue weighted by molar-refractivity contribution is -0.764. The van der Waals surface area contributed by atoms with Gasteiger partial charge in [0.1, 0.15) is 5.75 Å². The fourth-order valence-corrected chi connectivity index (χ4v) is 3.94.